The van der Waals surface area contributed by atoms with Gasteiger partial charge in [-0.15, -0.1) is 11.8 Å². The minimum Gasteiger partial charge on any atom is -0.350 e. The van der Waals surface area contributed by atoms with Crippen LogP contribution in [0.2, 0.25) is 0 Å². The molecule has 1 atom stereocenters. The summed E-state index contributed by atoms with van der Waals surface area (Å²) in [4.78, 5) is 27.8. The van der Waals surface area contributed by atoms with Crippen LogP contribution < -0.4 is 5.32 Å². The Morgan fingerprint density at radius 1 is 1.45 bits per heavy atom. The van der Waals surface area contributed by atoms with Crippen molar-refractivity contribution in [3.8, 4) is 0 Å². The van der Waals surface area contributed by atoms with Crippen molar-refractivity contribution in [2.24, 2.45) is 0 Å². The second kappa shape index (κ2) is 6.84. The quantitative estimate of drug-likeness (QED) is 0.927. The van der Waals surface area contributed by atoms with Gasteiger partial charge in [-0.1, -0.05) is 19.1 Å². The van der Waals surface area contributed by atoms with Crippen molar-refractivity contribution < 1.29 is 9.59 Å². The van der Waals surface area contributed by atoms with Crippen LogP contribution in [0.1, 0.15) is 46.9 Å². The second-order valence-electron chi connectivity index (χ2n) is 5.84. The van der Waals surface area contributed by atoms with Crippen molar-refractivity contribution in [3.63, 3.8) is 0 Å². The molecule has 22 heavy (non-hydrogen) atoms. The van der Waals surface area contributed by atoms with Crippen molar-refractivity contribution in [3.05, 3.63) is 29.3 Å². The lowest BCUT2D eigenvalue weighted by Gasteiger charge is -2.23. The molecule has 1 fully saturated rings. The van der Waals surface area contributed by atoms with E-state index in [1.54, 1.807) is 11.8 Å². The summed E-state index contributed by atoms with van der Waals surface area (Å²) in [6.07, 6.45) is 2.92. The molecule has 1 aromatic carbocycles. The summed E-state index contributed by atoms with van der Waals surface area (Å²) in [5.41, 5.74) is 1.36. The maximum absolute atomic E-state index is 12.5. The molecule has 0 bridgehead atoms. The normalized spacial score (nSPS) is 21.7. The van der Waals surface area contributed by atoms with Gasteiger partial charge in [-0.05, 0) is 32.0 Å². The van der Waals surface area contributed by atoms with Gasteiger partial charge in [0.15, 0.2) is 5.78 Å². The first-order valence-corrected chi connectivity index (χ1v) is 9.00. The Morgan fingerprint density at radius 3 is 3.14 bits per heavy atom. The van der Waals surface area contributed by atoms with Gasteiger partial charge in [-0.3, -0.25) is 14.5 Å². The zero-order valence-corrected chi connectivity index (χ0v) is 13.7. The van der Waals surface area contributed by atoms with Gasteiger partial charge in [0.1, 0.15) is 0 Å². The summed E-state index contributed by atoms with van der Waals surface area (Å²) in [5.74, 6) is 0.862. The van der Waals surface area contributed by atoms with Gasteiger partial charge in [0.05, 0.1) is 5.56 Å². The predicted molar refractivity (Wildman–Crippen MR) is 88.7 cm³/mol. The fraction of sp³-hybridized carbons (Fsp3) is 0.529. The molecule has 2 aliphatic heterocycles. The van der Waals surface area contributed by atoms with E-state index in [-0.39, 0.29) is 11.7 Å². The number of hydrogen-bond acceptors (Lipinski definition) is 4. The molecule has 0 spiro atoms. The minimum absolute atomic E-state index is 0.0537. The van der Waals surface area contributed by atoms with Crippen LogP contribution in [0, 0.1) is 0 Å². The van der Waals surface area contributed by atoms with Crippen LogP contribution in [0.15, 0.2) is 23.1 Å². The van der Waals surface area contributed by atoms with E-state index in [4.69, 9.17) is 0 Å². The number of amides is 1. The highest BCUT2D eigenvalue weighted by Gasteiger charge is 2.26. The van der Waals surface area contributed by atoms with Crippen LogP contribution in [0.4, 0.5) is 0 Å². The number of Topliss-reactive ketones (excluding diaryl/α,β-unsaturated/α-hetero) is 1. The molecule has 0 saturated carbocycles. The lowest BCUT2D eigenvalue weighted by atomic mass is 10.0. The van der Waals surface area contributed by atoms with Crippen LogP contribution in [0.3, 0.4) is 0 Å². The smallest absolute Gasteiger partial charge is 0.252 e. The molecule has 2 heterocycles. The molecule has 1 unspecified atom stereocenters. The van der Waals surface area contributed by atoms with Gasteiger partial charge in [0.25, 0.3) is 5.91 Å². The zero-order chi connectivity index (χ0) is 15.5. The third-order valence-corrected chi connectivity index (χ3v) is 5.68. The van der Waals surface area contributed by atoms with Crippen molar-refractivity contribution in [2.75, 3.05) is 25.4 Å². The van der Waals surface area contributed by atoms with Crippen LogP contribution >= 0.6 is 11.8 Å². The zero-order valence-electron chi connectivity index (χ0n) is 12.9. The first-order valence-electron chi connectivity index (χ1n) is 8.02. The molecule has 2 aliphatic rings. The van der Waals surface area contributed by atoms with E-state index in [0.29, 0.717) is 30.1 Å². The van der Waals surface area contributed by atoms with Crippen molar-refractivity contribution in [1.29, 1.82) is 0 Å². The molecule has 1 saturated heterocycles. The first kappa shape index (κ1) is 15.6. The average Bonchev–Trinajstić information content (AvgIpc) is 3.00. The monoisotopic (exact) mass is 318 g/mol. The van der Waals surface area contributed by atoms with Crippen LogP contribution in [-0.2, 0) is 0 Å². The van der Waals surface area contributed by atoms with Gasteiger partial charge >= 0.3 is 0 Å². The Bertz CT molecular complexity index is 588. The molecule has 5 heteroatoms. The van der Waals surface area contributed by atoms with Gasteiger partial charge in [0, 0.05) is 35.2 Å². The Balaban J connectivity index is 1.70. The van der Waals surface area contributed by atoms with Crippen molar-refractivity contribution in [2.45, 2.75) is 37.1 Å². The fourth-order valence-corrected chi connectivity index (χ4v) is 4.46. The van der Waals surface area contributed by atoms with Gasteiger partial charge in [0.2, 0.25) is 0 Å². The Morgan fingerprint density at radius 2 is 2.32 bits per heavy atom. The van der Waals surface area contributed by atoms with E-state index in [2.05, 4.69) is 17.1 Å². The van der Waals surface area contributed by atoms with Crippen LogP contribution in [-0.4, -0.2) is 48.0 Å². The molecule has 4 nitrogen and oxygen atoms in total. The molecular formula is C17H22N2O2S. The number of likely N-dealkylation sites (tertiary alicyclic amines) is 1. The van der Waals surface area contributed by atoms with E-state index in [0.717, 1.165) is 30.2 Å². The number of fused-ring (bicyclic) bond motifs is 1. The molecule has 1 amide bonds. The van der Waals surface area contributed by atoms with Gasteiger partial charge in [-0.2, -0.15) is 0 Å². The molecule has 0 radical (unpaired) electrons. The largest absolute Gasteiger partial charge is 0.350 e. The number of carbonyl (C=O) groups is 2. The average molecular weight is 318 g/mol. The topological polar surface area (TPSA) is 49.4 Å². The highest BCUT2D eigenvalue weighted by molar-refractivity contribution is 7.99. The first-order chi connectivity index (χ1) is 10.7. The number of carbonyl (C=O) groups excluding carboxylic acids is 2. The molecule has 1 N–H and O–H groups in total. The number of ketones is 1. The van der Waals surface area contributed by atoms with Crippen molar-refractivity contribution in [1.82, 2.24) is 10.2 Å². The maximum Gasteiger partial charge on any atom is 0.252 e. The standard InChI is InChI=1S/C17H22N2O2S/c1-2-19-9-4-5-12(19)11-18-17(21)14-7-3-6-13-15(20)8-10-22-16(13)14/h3,6-7,12H,2,4-5,8-11H2,1H3,(H,18,21). The number of hydrogen-bond donors (Lipinski definition) is 1. The number of thioether (sulfide) groups is 1. The summed E-state index contributed by atoms with van der Waals surface area (Å²) >= 11 is 1.62. The SMILES string of the molecule is CCN1CCCC1CNC(=O)c1cccc2c1SCCC2=O. The van der Waals surface area contributed by atoms with Crippen molar-refractivity contribution >= 4 is 23.5 Å². The summed E-state index contributed by atoms with van der Waals surface area (Å²) in [6, 6.07) is 5.91. The number of nitrogens with one attached hydrogen (secondary N) is 1. The molecule has 118 valence electrons. The Kier molecular flexibility index (Phi) is 4.84. The highest BCUT2D eigenvalue weighted by atomic mass is 32.2. The predicted octanol–water partition coefficient (Wildman–Crippen LogP) is 2.58. The summed E-state index contributed by atoms with van der Waals surface area (Å²) in [6.45, 7) is 5.01. The second-order valence-corrected chi connectivity index (χ2v) is 6.94. The molecule has 0 aliphatic carbocycles. The molecule has 3 rings (SSSR count). The van der Waals surface area contributed by atoms with Gasteiger partial charge in [-0.25, -0.2) is 0 Å². The molecule has 1 aromatic rings. The van der Waals surface area contributed by atoms with Gasteiger partial charge < -0.3 is 5.32 Å². The van der Waals surface area contributed by atoms with Crippen LogP contribution in [0.25, 0.3) is 0 Å². The summed E-state index contributed by atoms with van der Waals surface area (Å²) in [7, 11) is 0. The fourth-order valence-electron chi connectivity index (χ4n) is 3.32. The Labute approximate surface area is 135 Å². The van der Waals surface area contributed by atoms with E-state index >= 15 is 0 Å². The maximum atomic E-state index is 12.5. The van der Waals surface area contributed by atoms with Crippen LogP contribution in [0.5, 0.6) is 0 Å². The third kappa shape index (κ3) is 3.06. The lowest BCUT2D eigenvalue weighted by Crippen LogP contribution is -2.40. The van der Waals surface area contributed by atoms with E-state index in [9.17, 15) is 9.59 Å². The summed E-state index contributed by atoms with van der Waals surface area (Å²) in [5, 5.41) is 3.06. The molecular weight excluding hydrogens is 296 g/mol. The van der Waals surface area contributed by atoms with E-state index < -0.39 is 0 Å². The summed E-state index contributed by atoms with van der Waals surface area (Å²) < 4.78 is 0. The van der Waals surface area contributed by atoms with E-state index in [1.807, 2.05) is 18.2 Å². The Hall–Kier alpha value is -1.33. The number of benzene rings is 1. The molecule has 0 aromatic heterocycles. The minimum atomic E-state index is -0.0537. The highest BCUT2D eigenvalue weighted by Crippen LogP contribution is 2.33. The number of rotatable bonds is 4. The lowest BCUT2D eigenvalue weighted by molar-refractivity contribution is 0.0938. The third-order valence-electron chi connectivity index (χ3n) is 4.54. The number of likely N-dealkylation sites (N-methyl/N-ethyl adjacent to an activating group) is 1. The van der Waals surface area contributed by atoms with E-state index in [1.165, 1.54) is 6.42 Å². The number of nitrogens with zero attached hydrogens (tertiary/aromatic N) is 1.